The Morgan fingerprint density at radius 2 is 2.19 bits per heavy atom. The molecule has 0 fully saturated rings. The lowest BCUT2D eigenvalue weighted by Gasteiger charge is -2.06. The van der Waals surface area contributed by atoms with Crippen molar-refractivity contribution >= 4 is 17.5 Å². The Hall–Kier alpha value is -2.90. The highest BCUT2D eigenvalue weighted by Crippen LogP contribution is 2.22. The predicted octanol–water partition coefficient (Wildman–Crippen LogP) is 1.27. The maximum atomic E-state index is 11.6. The van der Waals surface area contributed by atoms with Gasteiger partial charge in [-0.05, 0) is 6.92 Å². The highest BCUT2D eigenvalue weighted by Gasteiger charge is 2.12. The molecule has 0 bridgehead atoms. The van der Waals surface area contributed by atoms with E-state index in [1.165, 1.54) is 0 Å². The van der Waals surface area contributed by atoms with Gasteiger partial charge in [0.2, 0.25) is 0 Å². The molecule has 0 saturated carbocycles. The van der Waals surface area contributed by atoms with E-state index in [1.54, 1.807) is 29.5 Å². The minimum atomic E-state index is -0.302. The van der Waals surface area contributed by atoms with Gasteiger partial charge in [0.15, 0.2) is 11.5 Å². The highest BCUT2D eigenvalue weighted by atomic mass is 16.2. The Bertz CT molecular complexity index is 789. The quantitative estimate of drug-likeness (QED) is 0.758. The van der Waals surface area contributed by atoms with E-state index < -0.39 is 0 Å². The summed E-state index contributed by atoms with van der Waals surface area (Å²) in [5.41, 5.74) is 2.42. The van der Waals surface area contributed by atoms with E-state index in [1.807, 2.05) is 24.6 Å². The second kappa shape index (κ2) is 5.23. The summed E-state index contributed by atoms with van der Waals surface area (Å²) in [6.45, 7) is 2.40. The number of nitrogens with zero attached hydrogens (tertiary/aromatic N) is 5. The fourth-order valence-corrected chi connectivity index (χ4v) is 2.09. The number of hydrogen-bond acceptors (Lipinski definition) is 4. The molecule has 8 nitrogen and oxygen atoms in total. The van der Waals surface area contributed by atoms with Gasteiger partial charge in [-0.15, -0.1) is 0 Å². The molecule has 2 amide bonds. The SMILES string of the molecule is CCNC(=O)Nc1nccn2c(-c3cnn(C)c3)cnc12. The molecule has 0 aliphatic rings. The molecule has 21 heavy (non-hydrogen) atoms. The molecule has 0 aliphatic heterocycles. The number of aromatic nitrogens is 5. The van der Waals surface area contributed by atoms with Gasteiger partial charge in [-0.25, -0.2) is 14.8 Å². The third kappa shape index (κ3) is 2.42. The summed E-state index contributed by atoms with van der Waals surface area (Å²) >= 11 is 0. The Morgan fingerprint density at radius 3 is 2.90 bits per heavy atom. The van der Waals surface area contributed by atoms with Crippen molar-refractivity contribution in [3.63, 3.8) is 0 Å². The number of carbonyl (C=O) groups excluding carboxylic acids is 1. The molecule has 3 aromatic rings. The van der Waals surface area contributed by atoms with Crippen molar-refractivity contribution in [2.45, 2.75) is 6.92 Å². The topological polar surface area (TPSA) is 89.1 Å². The van der Waals surface area contributed by atoms with Gasteiger partial charge in [-0.1, -0.05) is 0 Å². The fraction of sp³-hybridized carbons (Fsp3) is 0.231. The first-order valence-corrected chi connectivity index (χ1v) is 6.55. The minimum Gasteiger partial charge on any atom is -0.338 e. The first-order chi connectivity index (χ1) is 10.2. The van der Waals surface area contributed by atoms with Crippen molar-refractivity contribution in [1.29, 1.82) is 0 Å². The van der Waals surface area contributed by atoms with Gasteiger partial charge in [-0.2, -0.15) is 5.10 Å². The van der Waals surface area contributed by atoms with E-state index in [2.05, 4.69) is 25.7 Å². The van der Waals surface area contributed by atoms with Crippen LogP contribution >= 0.6 is 0 Å². The van der Waals surface area contributed by atoms with Crippen LogP contribution in [0, 0.1) is 0 Å². The van der Waals surface area contributed by atoms with Crippen LogP contribution in [0.4, 0.5) is 10.6 Å². The molecule has 8 heteroatoms. The summed E-state index contributed by atoms with van der Waals surface area (Å²) in [6.07, 6.45) is 8.82. The van der Waals surface area contributed by atoms with E-state index in [9.17, 15) is 4.79 Å². The predicted molar refractivity (Wildman–Crippen MR) is 77.9 cm³/mol. The molecule has 108 valence electrons. The van der Waals surface area contributed by atoms with Crippen molar-refractivity contribution < 1.29 is 4.79 Å². The molecule has 0 atom stereocenters. The highest BCUT2D eigenvalue weighted by molar-refractivity contribution is 5.91. The number of anilines is 1. The van der Waals surface area contributed by atoms with Gasteiger partial charge in [0.1, 0.15) is 0 Å². The fourth-order valence-electron chi connectivity index (χ4n) is 2.09. The van der Waals surface area contributed by atoms with Crippen LogP contribution in [-0.2, 0) is 7.05 Å². The smallest absolute Gasteiger partial charge is 0.320 e. The second-order valence-corrected chi connectivity index (χ2v) is 4.50. The van der Waals surface area contributed by atoms with Gasteiger partial charge in [0.05, 0.1) is 18.1 Å². The van der Waals surface area contributed by atoms with Crippen molar-refractivity contribution in [3.8, 4) is 11.3 Å². The number of amides is 2. The van der Waals surface area contributed by atoms with Gasteiger partial charge < -0.3 is 5.32 Å². The molecule has 0 saturated heterocycles. The lowest BCUT2D eigenvalue weighted by molar-refractivity contribution is 0.252. The molecule has 0 aliphatic carbocycles. The molecular formula is C13H15N7O. The lowest BCUT2D eigenvalue weighted by Crippen LogP contribution is -2.28. The van der Waals surface area contributed by atoms with E-state index in [-0.39, 0.29) is 6.03 Å². The van der Waals surface area contributed by atoms with E-state index in [0.29, 0.717) is 18.0 Å². The summed E-state index contributed by atoms with van der Waals surface area (Å²) in [7, 11) is 1.86. The van der Waals surface area contributed by atoms with Gasteiger partial charge in [-0.3, -0.25) is 14.4 Å². The number of rotatable bonds is 3. The average molecular weight is 285 g/mol. The zero-order chi connectivity index (χ0) is 14.8. The number of imidazole rings is 1. The van der Waals surface area contributed by atoms with E-state index in [4.69, 9.17) is 0 Å². The largest absolute Gasteiger partial charge is 0.338 e. The standard InChI is InChI=1S/C13H15N7O/c1-3-14-13(21)18-11-12-16-7-10(20(12)5-4-15-11)9-6-17-19(2)8-9/h4-8H,3H2,1-2H3,(H2,14,15,18,21). The molecule has 2 N–H and O–H groups in total. The van der Waals surface area contributed by atoms with Gasteiger partial charge >= 0.3 is 6.03 Å². The van der Waals surface area contributed by atoms with Crippen LogP contribution < -0.4 is 10.6 Å². The Labute approximate surface area is 120 Å². The van der Waals surface area contributed by atoms with Crippen LogP contribution in [0.2, 0.25) is 0 Å². The lowest BCUT2D eigenvalue weighted by atomic mass is 10.3. The molecule has 0 unspecified atom stereocenters. The third-order valence-electron chi connectivity index (χ3n) is 3.00. The molecule has 3 heterocycles. The first-order valence-electron chi connectivity index (χ1n) is 6.55. The monoisotopic (exact) mass is 285 g/mol. The average Bonchev–Trinajstić information content (AvgIpc) is 3.05. The number of urea groups is 1. The van der Waals surface area contributed by atoms with Crippen LogP contribution in [0.3, 0.4) is 0 Å². The van der Waals surface area contributed by atoms with E-state index >= 15 is 0 Å². The van der Waals surface area contributed by atoms with Crippen LogP contribution in [-0.4, -0.2) is 36.7 Å². The maximum absolute atomic E-state index is 11.6. The van der Waals surface area contributed by atoms with Crippen LogP contribution in [0.1, 0.15) is 6.92 Å². The van der Waals surface area contributed by atoms with Crippen molar-refractivity contribution in [1.82, 2.24) is 29.5 Å². The third-order valence-corrected chi connectivity index (χ3v) is 3.00. The zero-order valence-corrected chi connectivity index (χ0v) is 11.7. The molecule has 3 aromatic heterocycles. The molecular weight excluding hydrogens is 270 g/mol. The number of fused-ring (bicyclic) bond motifs is 1. The number of nitrogens with one attached hydrogen (secondary N) is 2. The molecule has 0 spiro atoms. The zero-order valence-electron chi connectivity index (χ0n) is 11.7. The van der Waals surface area contributed by atoms with Crippen molar-refractivity contribution in [3.05, 3.63) is 31.0 Å². The Kier molecular flexibility index (Phi) is 3.27. The number of carbonyl (C=O) groups is 1. The van der Waals surface area contributed by atoms with Crippen LogP contribution in [0.5, 0.6) is 0 Å². The Balaban J connectivity index is 2.02. The van der Waals surface area contributed by atoms with Gasteiger partial charge in [0.25, 0.3) is 0 Å². The first kappa shape index (κ1) is 13.1. The van der Waals surface area contributed by atoms with Gasteiger partial charge in [0, 0.05) is 37.7 Å². The van der Waals surface area contributed by atoms with Crippen LogP contribution in [0.25, 0.3) is 16.9 Å². The van der Waals surface area contributed by atoms with Crippen molar-refractivity contribution in [2.75, 3.05) is 11.9 Å². The Morgan fingerprint density at radius 1 is 1.33 bits per heavy atom. The molecule has 3 rings (SSSR count). The maximum Gasteiger partial charge on any atom is 0.320 e. The summed E-state index contributed by atoms with van der Waals surface area (Å²) in [6, 6.07) is -0.302. The second-order valence-electron chi connectivity index (χ2n) is 4.50. The normalized spacial score (nSPS) is 10.8. The summed E-state index contributed by atoms with van der Waals surface area (Å²) in [5, 5.41) is 9.51. The van der Waals surface area contributed by atoms with Crippen LogP contribution in [0.15, 0.2) is 31.0 Å². The van der Waals surface area contributed by atoms with Crippen molar-refractivity contribution in [2.24, 2.45) is 7.05 Å². The summed E-state index contributed by atoms with van der Waals surface area (Å²) in [4.78, 5) is 20.1. The number of hydrogen-bond donors (Lipinski definition) is 2. The summed E-state index contributed by atoms with van der Waals surface area (Å²) < 4.78 is 3.59. The number of aryl methyl sites for hydroxylation is 1. The summed E-state index contributed by atoms with van der Waals surface area (Å²) in [5.74, 6) is 0.415. The molecule has 0 radical (unpaired) electrons. The van der Waals surface area contributed by atoms with E-state index in [0.717, 1.165) is 11.3 Å². The minimum absolute atomic E-state index is 0.302. The molecule has 0 aromatic carbocycles.